The molecule has 0 N–H and O–H groups in total. The Hall–Kier alpha value is -1.61. The van der Waals surface area contributed by atoms with E-state index in [-0.39, 0.29) is 22.9 Å². The van der Waals surface area contributed by atoms with E-state index in [1.165, 1.54) is 0 Å². The minimum atomic E-state index is -0.443. The first kappa shape index (κ1) is 16.4. The number of carbonyl (C=O) groups excluding carboxylic acids is 1. The van der Waals surface area contributed by atoms with Gasteiger partial charge < -0.3 is 40.7 Å². The molecule has 0 unspecified atom stereocenters. The molecule has 0 radical (unpaired) electrons. The maximum atomic E-state index is 11.2. The van der Waals surface area contributed by atoms with Crippen LogP contribution in [0.5, 0.6) is 0 Å². The van der Waals surface area contributed by atoms with Crippen LogP contribution in [0.3, 0.4) is 0 Å². The Morgan fingerprint density at radius 2 is 1.95 bits per heavy atom. The summed E-state index contributed by atoms with van der Waals surface area (Å²) in [5.74, 6) is -0.264. The first-order chi connectivity index (χ1) is 9.31. The molecule has 1 aliphatic rings. The van der Waals surface area contributed by atoms with E-state index in [1.54, 1.807) is 6.08 Å². The topological polar surface area (TPSA) is 38.7 Å². The summed E-state index contributed by atoms with van der Waals surface area (Å²) in [4.78, 5) is 15.7. The molecule has 0 saturated carbocycles. The van der Waals surface area contributed by atoms with Crippen LogP contribution in [0.25, 0.3) is 6.08 Å². The molecule has 0 spiro atoms. The van der Waals surface area contributed by atoms with Crippen LogP contribution in [-0.2, 0) is 26.7 Å². The van der Waals surface area contributed by atoms with Gasteiger partial charge in [0.05, 0.1) is 0 Å². The quantitative estimate of drug-likeness (QED) is 0.279. The minimum Gasteiger partial charge on any atom is -0.686 e. The van der Waals surface area contributed by atoms with Crippen LogP contribution < -0.4 is 0 Å². The van der Waals surface area contributed by atoms with E-state index in [9.17, 15) is 4.79 Å². The number of hydrogen-bond acceptors (Lipinski definition) is 3. The summed E-state index contributed by atoms with van der Waals surface area (Å²) < 4.78 is 0. The van der Waals surface area contributed by atoms with Crippen molar-refractivity contribution < 1.29 is 26.7 Å². The number of nitrogens with zero attached hydrogens (tertiary/aromatic N) is 1. The van der Waals surface area contributed by atoms with Crippen LogP contribution in [0.2, 0.25) is 0 Å². The Balaban J connectivity index is 0.000000283. The van der Waals surface area contributed by atoms with Crippen molar-refractivity contribution in [2.45, 2.75) is 0 Å². The number of rotatable bonds is 2. The van der Waals surface area contributed by atoms with E-state index >= 15 is 0 Å². The van der Waals surface area contributed by atoms with Crippen LogP contribution in [0.4, 0.5) is 0 Å². The molecule has 3 rings (SSSR count). The van der Waals surface area contributed by atoms with Crippen molar-refractivity contribution in [3.05, 3.63) is 65.7 Å². The molecule has 0 saturated heterocycles. The standard InChI is InChI=1S/C10H7ClNO2.C5H5.Fe/c11-6-9-8(10(13)14-12-9)5-7-3-1-2-4-7;1-2-4-5-3-1;/h1-5H,6H2;1-5H;/q-5;-1;/b8-5-;;. The third-order valence-corrected chi connectivity index (χ3v) is 2.70. The monoisotopic (exact) mass is 329 g/mol. The molecule has 2 aromatic carbocycles. The second-order valence-electron chi connectivity index (χ2n) is 3.79. The molecular formula is C15H12ClFeNO2-6. The van der Waals surface area contributed by atoms with Gasteiger partial charge in [-0.2, -0.15) is 18.2 Å². The van der Waals surface area contributed by atoms with Gasteiger partial charge in [-0.3, -0.25) is 10.4 Å². The molecule has 0 bridgehead atoms. The molecule has 3 nitrogen and oxygen atoms in total. The Kier molecular flexibility index (Phi) is 7.02. The number of carbonyl (C=O) groups is 1. The molecule has 1 aliphatic heterocycles. The fraction of sp³-hybridized carbons (Fsp3) is 0.0667. The van der Waals surface area contributed by atoms with Crippen molar-refractivity contribution in [3.8, 4) is 0 Å². The maximum absolute atomic E-state index is 11.2. The molecule has 5 heteroatoms. The van der Waals surface area contributed by atoms with E-state index in [0.29, 0.717) is 11.3 Å². The summed E-state index contributed by atoms with van der Waals surface area (Å²) in [6.07, 6.45) is 1.72. The number of halogens is 1. The molecule has 0 aromatic heterocycles. The van der Waals surface area contributed by atoms with E-state index in [2.05, 4.69) is 9.99 Å². The van der Waals surface area contributed by atoms with Crippen molar-refractivity contribution >= 4 is 29.4 Å². The van der Waals surface area contributed by atoms with Gasteiger partial charge >= 0.3 is 0 Å². The van der Waals surface area contributed by atoms with Gasteiger partial charge in [0.25, 0.3) is 0 Å². The van der Waals surface area contributed by atoms with Gasteiger partial charge in [-0.25, -0.2) is 12.1 Å². The van der Waals surface area contributed by atoms with Gasteiger partial charge in [0, 0.05) is 22.9 Å². The van der Waals surface area contributed by atoms with Crippen molar-refractivity contribution in [1.29, 1.82) is 0 Å². The summed E-state index contributed by atoms with van der Waals surface area (Å²) in [6.45, 7) is 0. The third-order valence-electron chi connectivity index (χ3n) is 2.45. The number of oxime groups is 1. The van der Waals surface area contributed by atoms with Gasteiger partial charge in [-0.05, 0) is 5.71 Å². The SMILES string of the molecule is O=C1ON=C(CCl)/C1=C/[c-]1[cH-][cH-][cH-][cH-]1.[Fe].c1cc[cH-]c1. The summed E-state index contributed by atoms with van der Waals surface area (Å²) in [5.41, 5.74) is 1.86. The zero-order valence-electron chi connectivity index (χ0n) is 10.5. The molecular weight excluding hydrogens is 317 g/mol. The molecule has 110 valence electrons. The van der Waals surface area contributed by atoms with E-state index in [0.717, 1.165) is 5.56 Å². The van der Waals surface area contributed by atoms with Gasteiger partial charge in [0.15, 0.2) is 0 Å². The zero-order valence-corrected chi connectivity index (χ0v) is 12.3. The number of hydrogen-bond donors (Lipinski definition) is 0. The van der Waals surface area contributed by atoms with E-state index in [4.69, 9.17) is 11.6 Å². The summed E-state index contributed by atoms with van der Waals surface area (Å²) in [5, 5.41) is 3.56. The average Bonchev–Trinajstić information content (AvgIpc) is 3.15. The fourth-order valence-electron chi connectivity index (χ4n) is 1.52. The summed E-state index contributed by atoms with van der Waals surface area (Å²) in [7, 11) is 0. The predicted molar refractivity (Wildman–Crippen MR) is 76.3 cm³/mol. The van der Waals surface area contributed by atoms with Crippen LogP contribution in [-0.4, -0.2) is 17.6 Å². The Labute approximate surface area is 133 Å². The second-order valence-corrected chi connectivity index (χ2v) is 4.06. The van der Waals surface area contributed by atoms with Crippen LogP contribution >= 0.6 is 11.6 Å². The maximum Gasteiger partial charge on any atom is 0.228 e. The Bertz CT molecular complexity index is 554. The van der Waals surface area contributed by atoms with Crippen molar-refractivity contribution in [1.82, 2.24) is 0 Å². The van der Waals surface area contributed by atoms with Crippen molar-refractivity contribution in [2.24, 2.45) is 5.16 Å². The van der Waals surface area contributed by atoms with E-state index < -0.39 is 5.97 Å². The number of alkyl halides is 1. The zero-order chi connectivity index (χ0) is 13.5. The smallest absolute Gasteiger partial charge is 0.228 e. The molecule has 20 heavy (non-hydrogen) atoms. The van der Waals surface area contributed by atoms with Gasteiger partial charge in [-0.15, -0.1) is 16.8 Å². The van der Waals surface area contributed by atoms with E-state index in [1.807, 2.05) is 54.6 Å². The first-order valence-electron chi connectivity index (χ1n) is 5.76. The predicted octanol–water partition coefficient (Wildman–Crippen LogP) is 3.34. The molecule has 1 heterocycles. The van der Waals surface area contributed by atoms with Crippen LogP contribution in [0.1, 0.15) is 5.56 Å². The molecule has 0 atom stereocenters. The van der Waals surface area contributed by atoms with Crippen LogP contribution in [0, 0.1) is 0 Å². The Morgan fingerprint density at radius 3 is 2.45 bits per heavy atom. The molecule has 0 aliphatic carbocycles. The Morgan fingerprint density at radius 1 is 1.30 bits per heavy atom. The fourth-order valence-corrected chi connectivity index (χ4v) is 1.72. The minimum absolute atomic E-state index is 0. The van der Waals surface area contributed by atoms with Gasteiger partial charge in [-0.1, -0.05) is 0 Å². The van der Waals surface area contributed by atoms with Crippen molar-refractivity contribution in [2.75, 3.05) is 5.88 Å². The molecule has 0 amide bonds. The average molecular weight is 330 g/mol. The summed E-state index contributed by atoms with van der Waals surface area (Å²) >= 11 is 5.60. The first-order valence-corrected chi connectivity index (χ1v) is 6.29. The summed E-state index contributed by atoms with van der Waals surface area (Å²) in [6, 6.07) is 17.6. The molecule has 0 fully saturated rings. The normalized spacial score (nSPS) is 14.9. The van der Waals surface area contributed by atoms with Crippen molar-refractivity contribution in [3.63, 3.8) is 0 Å². The second kappa shape index (κ2) is 8.54. The molecule has 2 aromatic rings. The van der Waals surface area contributed by atoms with Gasteiger partial charge in [0.1, 0.15) is 0 Å². The largest absolute Gasteiger partial charge is 0.686 e. The van der Waals surface area contributed by atoms with Crippen LogP contribution in [0.15, 0.2) is 65.3 Å². The van der Waals surface area contributed by atoms with Gasteiger partial charge in [0.2, 0.25) is 5.97 Å². The third kappa shape index (κ3) is 4.49.